The molecule has 4 nitrogen and oxygen atoms in total. The van der Waals surface area contributed by atoms with Crippen molar-refractivity contribution in [3.63, 3.8) is 0 Å². The van der Waals surface area contributed by atoms with Crippen LogP contribution in [0.25, 0.3) is 0 Å². The van der Waals surface area contributed by atoms with Crippen LogP contribution in [0.5, 0.6) is 0 Å². The molecule has 0 heterocycles. The molecule has 1 N–H and O–H groups in total. The van der Waals surface area contributed by atoms with Gasteiger partial charge >= 0.3 is 5.97 Å². The lowest BCUT2D eigenvalue weighted by atomic mass is 10.1. The average Bonchev–Trinajstić information content (AvgIpc) is 2.56. The van der Waals surface area contributed by atoms with Gasteiger partial charge in [0, 0.05) is 6.42 Å². The van der Waals surface area contributed by atoms with E-state index < -0.39 is 18.5 Å². The Labute approximate surface area is 148 Å². The Morgan fingerprint density at radius 3 is 2.29 bits per heavy atom. The zero-order valence-electron chi connectivity index (χ0n) is 12.5. The second kappa shape index (κ2) is 8.66. The second-order valence-electron chi connectivity index (χ2n) is 4.93. The van der Waals surface area contributed by atoms with Crippen molar-refractivity contribution in [3.05, 3.63) is 63.9 Å². The number of carbonyl (C=O) groups is 2. The average molecular weight is 370 g/mol. The molecule has 0 fully saturated rings. The maximum atomic E-state index is 12.8. The molecular formula is C17H14Cl2FNO3. The molecule has 0 aliphatic heterocycles. The fourth-order valence-electron chi connectivity index (χ4n) is 1.91. The van der Waals surface area contributed by atoms with E-state index in [1.54, 1.807) is 30.3 Å². The molecule has 0 saturated heterocycles. The van der Waals surface area contributed by atoms with E-state index >= 15 is 0 Å². The van der Waals surface area contributed by atoms with Crippen molar-refractivity contribution in [2.75, 3.05) is 11.9 Å². The number of hydrogen-bond donors (Lipinski definition) is 1. The summed E-state index contributed by atoms with van der Waals surface area (Å²) in [6.45, 7) is -0.441. The Balaban J connectivity index is 1.77. The Morgan fingerprint density at radius 1 is 1.04 bits per heavy atom. The molecule has 0 aromatic heterocycles. The van der Waals surface area contributed by atoms with E-state index in [-0.39, 0.29) is 17.9 Å². The van der Waals surface area contributed by atoms with Crippen LogP contribution in [0.4, 0.5) is 10.1 Å². The number of benzene rings is 2. The molecule has 2 aromatic rings. The van der Waals surface area contributed by atoms with Crippen molar-refractivity contribution in [2.45, 2.75) is 12.8 Å². The van der Waals surface area contributed by atoms with Crippen LogP contribution in [0, 0.1) is 5.82 Å². The number of halogens is 3. The van der Waals surface area contributed by atoms with Crippen LogP contribution in [-0.4, -0.2) is 18.5 Å². The highest BCUT2D eigenvalue weighted by molar-refractivity contribution is 6.39. The van der Waals surface area contributed by atoms with Crippen LogP contribution in [0.2, 0.25) is 10.0 Å². The van der Waals surface area contributed by atoms with Gasteiger partial charge in [0.2, 0.25) is 0 Å². The monoisotopic (exact) mass is 369 g/mol. The highest BCUT2D eigenvalue weighted by atomic mass is 35.5. The van der Waals surface area contributed by atoms with Crippen molar-refractivity contribution in [1.29, 1.82) is 0 Å². The Morgan fingerprint density at radius 2 is 1.67 bits per heavy atom. The number of aryl methyl sites for hydroxylation is 1. The van der Waals surface area contributed by atoms with Crippen molar-refractivity contribution in [1.82, 2.24) is 0 Å². The first-order valence-electron chi connectivity index (χ1n) is 7.09. The van der Waals surface area contributed by atoms with Gasteiger partial charge in [-0.05, 0) is 36.2 Å². The topological polar surface area (TPSA) is 55.4 Å². The minimum absolute atomic E-state index is 0.0890. The zero-order valence-corrected chi connectivity index (χ0v) is 14.0. The van der Waals surface area contributed by atoms with Crippen molar-refractivity contribution < 1.29 is 18.7 Å². The number of amides is 1. The number of carbonyl (C=O) groups excluding carboxylic acids is 2. The molecular weight excluding hydrogens is 356 g/mol. The lowest BCUT2D eigenvalue weighted by Crippen LogP contribution is -2.21. The fraction of sp³-hybridized carbons (Fsp3) is 0.176. The molecule has 0 spiro atoms. The molecule has 0 aliphatic rings. The summed E-state index contributed by atoms with van der Waals surface area (Å²) in [7, 11) is 0. The quantitative estimate of drug-likeness (QED) is 0.774. The van der Waals surface area contributed by atoms with E-state index in [0.717, 1.165) is 5.56 Å². The minimum atomic E-state index is -0.542. The SMILES string of the molecule is O=C(COC(=O)CCc1ccc(F)cc1)Nc1c(Cl)cccc1Cl. The van der Waals surface area contributed by atoms with Crippen LogP contribution in [-0.2, 0) is 20.7 Å². The molecule has 7 heteroatoms. The molecule has 0 unspecified atom stereocenters. The van der Waals surface area contributed by atoms with Crippen molar-refractivity contribution in [3.8, 4) is 0 Å². The highest BCUT2D eigenvalue weighted by Crippen LogP contribution is 2.29. The van der Waals surface area contributed by atoms with Crippen molar-refractivity contribution >= 4 is 40.8 Å². The summed E-state index contributed by atoms with van der Waals surface area (Å²) < 4.78 is 17.7. The number of para-hydroxylation sites is 1. The van der Waals surface area contributed by atoms with Crippen LogP contribution in [0.15, 0.2) is 42.5 Å². The number of esters is 1. The van der Waals surface area contributed by atoms with Gasteiger partial charge in [0.1, 0.15) is 5.82 Å². The van der Waals surface area contributed by atoms with Gasteiger partial charge < -0.3 is 10.1 Å². The molecule has 2 aromatic carbocycles. The van der Waals surface area contributed by atoms with Gasteiger partial charge in [0.15, 0.2) is 6.61 Å². The third-order valence-corrected chi connectivity index (χ3v) is 3.75. The molecule has 0 bridgehead atoms. The van der Waals surface area contributed by atoms with Gasteiger partial charge in [-0.2, -0.15) is 0 Å². The predicted octanol–water partition coefficient (Wildman–Crippen LogP) is 4.25. The van der Waals surface area contributed by atoms with Gasteiger partial charge in [0.05, 0.1) is 15.7 Å². The summed E-state index contributed by atoms with van der Waals surface area (Å²) in [6, 6.07) is 10.6. The van der Waals surface area contributed by atoms with Gasteiger partial charge in [-0.3, -0.25) is 9.59 Å². The lowest BCUT2D eigenvalue weighted by Gasteiger charge is -2.09. The van der Waals surface area contributed by atoms with Crippen LogP contribution >= 0.6 is 23.2 Å². The molecule has 0 aliphatic carbocycles. The van der Waals surface area contributed by atoms with Gasteiger partial charge in [-0.15, -0.1) is 0 Å². The molecule has 1 amide bonds. The van der Waals surface area contributed by atoms with Gasteiger partial charge in [0.25, 0.3) is 5.91 Å². The smallest absolute Gasteiger partial charge is 0.306 e. The molecule has 0 atom stereocenters. The Hall–Kier alpha value is -2.11. The maximum Gasteiger partial charge on any atom is 0.306 e. The van der Waals surface area contributed by atoms with E-state index in [4.69, 9.17) is 27.9 Å². The largest absolute Gasteiger partial charge is 0.456 e. The van der Waals surface area contributed by atoms with Crippen LogP contribution < -0.4 is 5.32 Å². The van der Waals surface area contributed by atoms with E-state index in [1.165, 1.54) is 12.1 Å². The number of hydrogen-bond acceptors (Lipinski definition) is 3. The Bertz CT molecular complexity index is 715. The zero-order chi connectivity index (χ0) is 17.5. The normalized spacial score (nSPS) is 10.3. The molecule has 2 rings (SSSR count). The number of anilines is 1. The van der Waals surface area contributed by atoms with Crippen LogP contribution in [0.1, 0.15) is 12.0 Å². The molecule has 0 saturated carbocycles. The highest BCUT2D eigenvalue weighted by Gasteiger charge is 2.12. The summed E-state index contributed by atoms with van der Waals surface area (Å²) in [5, 5.41) is 3.07. The number of rotatable bonds is 6. The number of ether oxygens (including phenoxy) is 1. The Kier molecular flexibility index (Phi) is 6.58. The van der Waals surface area contributed by atoms with E-state index in [9.17, 15) is 14.0 Å². The third-order valence-electron chi connectivity index (χ3n) is 3.12. The molecule has 24 heavy (non-hydrogen) atoms. The maximum absolute atomic E-state index is 12.8. The molecule has 126 valence electrons. The van der Waals surface area contributed by atoms with Crippen LogP contribution in [0.3, 0.4) is 0 Å². The summed E-state index contributed by atoms with van der Waals surface area (Å²) in [6.07, 6.45) is 0.489. The van der Waals surface area contributed by atoms with Crippen molar-refractivity contribution in [2.24, 2.45) is 0 Å². The summed E-state index contributed by atoms with van der Waals surface area (Å²) in [4.78, 5) is 23.4. The second-order valence-corrected chi connectivity index (χ2v) is 5.75. The summed E-state index contributed by atoms with van der Waals surface area (Å²) in [5.41, 5.74) is 1.08. The fourth-order valence-corrected chi connectivity index (χ4v) is 2.40. The minimum Gasteiger partial charge on any atom is -0.456 e. The van der Waals surface area contributed by atoms with Gasteiger partial charge in [-0.25, -0.2) is 4.39 Å². The van der Waals surface area contributed by atoms with E-state index in [0.29, 0.717) is 16.5 Å². The summed E-state index contributed by atoms with van der Waals surface area (Å²) >= 11 is 11.9. The van der Waals surface area contributed by atoms with Gasteiger partial charge in [-0.1, -0.05) is 41.4 Å². The molecule has 0 radical (unpaired) electrons. The summed E-state index contributed by atoms with van der Waals surface area (Å²) in [5.74, 6) is -1.41. The van der Waals surface area contributed by atoms with E-state index in [2.05, 4.69) is 5.32 Å². The first-order valence-corrected chi connectivity index (χ1v) is 7.85. The lowest BCUT2D eigenvalue weighted by molar-refractivity contribution is -0.147. The number of nitrogens with one attached hydrogen (secondary N) is 1. The van der Waals surface area contributed by atoms with E-state index in [1.807, 2.05) is 0 Å². The first kappa shape index (κ1) is 18.2. The predicted molar refractivity (Wildman–Crippen MR) is 90.8 cm³/mol. The first-order chi connectivity index (χ1) is 11.5. The third kappa shape index (κ3) is 5.51. The standard InChI is InChI=1S/C17H14Cl2FNO3/c18-13-2-1-3-14(19)17(13)21-15(22)10-24-16(23)9-6-11-4-7-12(20)8-5-11/h1-5,7-8H,6,9-10H2,(H,21,22).